The lowest BCUT2D eigenvalue weighted by Gasteiger charge is -2.24. The van der Waals surface area contributed by atoms with Crippen LogP contribution in [-0.2, 0) is 6.18 Å². The Kier molecular flexibility index (Phi) is 3.76. The Labute approximate surface area is 104 Å². The minimum Gasteiger partial charge on any atom is -0.388 e. The number of hydrogen-bond donors (Lipinski definition) is 1. The van der Waals surface area contributed by atoms with Gasteiger partial charge in [-0.25, -0.2) is 0 Å². The van der Waals surface area contributed by atoms with E-state index in [0.717, 1.165) is 31.4 Å². The van der Waals surface area contributed by atoms with Crippen LogP contribution in [0.25, 0.3) is 0 Å². The van der Waals surface area contributed by atoms with Crippen molar-refractivity contribution < 1.29 is 18.3 Å². The first-order chi connectivity index (χ1) is 8.48. The van der Waals surface area contributed by atoms with E-state index in [2.05, 4.69) is 6.08 Å². The van der Waals surface area contributed by atoms with E-state index in [0.29, 0.717) is 5.56 Å². The Bertz CT molecular complexity index is 420. The van der Waals surface area contributed by atoms with Gasteiger partial charge < -0.3 is 5.11 Å². The van der Waals surface area contributed by atoms with Gasteiger partial charge in [-0.15, -0.1) is 0 Å². The molecule has 18 heavy (non-hydrogen) atoms. The predicted octanol–water partition coefficient (Wildman–Crippen LogP) is 4.10. The van der Waals surface area contributed by atoms with Crippen LogP contribution in [0.5, 0.6) is 0 Å². The summed E-state index contributed by atoms with van der Waals surface area (Å²) in [5.41, 5.74) is -0.120. The molecule has 1 aromatic rings. The summed E-state index contributed by atoms with van der Waals surface area (Å²) in [6.07, 6.45) is 1.65. The maximum Gasteiger partial charge on any atom is 0.416 e. The summed E-state index contributed by atoms with van der Waals surface area (Å²) < 4.78 is 37.2. The van der Waals surface area contributed by atoms with E-state index in [1.165, 1.54) is 12.1 Å². The normalized spacial score (nSPS) is 21.9. The molecule has 0 aromatic heterocycles. The molecule has 0 aliphatic heterocycles. The lowest BCUT2D eigenvalue weighted by molar-refractivity contribution is -0.137. The number of halogens is 3. The molecular weight excluding hydrogens is 241 g/mol. The highest BCUT2D eigenvalue weighted by atomic mass is 19.4. The summed E-state index contributed by atoms with van der Waals surface area (Å²) in [4.78, 5) is 0. The monoisotopic (exact) mass is 256 g/mol. The van der Waals surface area contributed by atoms with Crippen molar-refractivity contribution in [2.24, 2.45) is 5.92 Å². The van der Waals surface area contributed by atoms with E-state index in [9.17, 15) is 18.3 Å². The Morgan fingerprint density at radius 1 is 1.11 bits per heavy atom. The van der Waals surface area contributed by atoms with Crippen molar-refractivity contribution in [1.29, 1.82) is 0 Å². The van der Waals surface area contributed by atoms with E-state index in [1.807, 2.05) is 6.08 Å². The second-order valence-electron chi connectivity index (χ2n) is 4.61. The zero-order valence-corrected chi connectivity index (χ0v) is 9.82. The Hall–Kier alpha value is -1.29. The second-order valence-corrected chi connectivity index (χ2v) is 4.61. The number of rotatable bonds is 2. The number of aliphatic hydroxyl groups excluding tert-OH is 1. The van der Waals surface area contributed by atoms with Gasteiger partial charge in [-0.2, -0.15) is 13.2 Å². The molecule has 2 atom stereocenters. The fourth-order valence-electron chi connectivity index (χ4n) is 2.25. The molecule has 0 radical (unpaired) electrons. The van der Waals surface area contributed by atoms with Gasteiger partial charge in [-0.1, -0.05) is 24.3 Å². The second kappa shape index (κ2) is 5.14. The highest BCUT2D eigenvalue weighted by molar-refractivity contribution is 5.26. The number of allylic oxidation sites excluding steroid dienone is 2. The van der Waals surface area contributed by atoms with Crippen LogP contribution in [0.4, 0.5) is 13.2 Å². The lowest BCUT2D eigenvalue weighted by atomic mass is 9.86. The average molecular weight is 256 g/mol. The summed E-state index contributed by atoms with van der Waals surface area (Å²) in [7, 11) is 0. The minimum atomic E-state index is -4.32. The summed E-state index contributed by atoms with van der Waals surface area (Å²) in [5.74, 6) is 0.103. The molecule has 2 rings (SSSR count). The molecule has 0 amide bonds. The van der Waals surface area contributed by atoms with Crippen LogP contribution >= 0.6 is 0 Å². The molecule has 0 fully saturated rings. The molecule has 0 saturated carbocycles. The number of alkyl halides is 3. The van der Waals surface area contributed by atoms with Crippen LogP contribution < -0.4 is 0 Å². The summed E-state index contributed by atoms with van der Waals surface area (Å²) >= 11 is 0. The van der Waals surface area contributed by atoms with Gasteiger partial charge in [0, 0.05) is 0 Å². The van der Waals surface area contributed by atoms with Crippen LogP contribution in [0.1, 0.15) is 36.5 Å². The highest BCUT2D eigenvalue weighted by Crippen LogP contribution is 2.34. The van der Waals surface area contributed by atoms with Gasteiger partial charge in [0.2, 0.25) is 0 Å². The van der Waals surface area contributed by atoms with Crippen molar-refractivity contribution in [3.63, 3.8) is 0 Å². The van der Waals surface area contributed by atoms with Crippen LogP contribution in [0.3, 0.4) is 0 Å². The molecule has 1 nitrogen and oxygen atoms in total. The third-order valence-electron chi connectivity index (χ3n) is 3.34. The largest absolute Gasteiger partial charge is 0.416 e. The molecule has 0 saturated heterocycles. The molecule has 98 valence electrons. The third kappa shape index (κ3) is 2.93. The zero-order chi connectivity index (χ0) is 13.2. The smallest absolute Gasteiger partial charge is 0.388 e. The van der Waals surface area contributed by atoms with E-state index >= 15 is 0 Å². The first-order valence-electron chi connectivity index (χ1n) is 5.98. The number of benzene rings is 1. The van der Waals surface area contributed by atoms with E-state index in [1.54, 1.807) is 0 Å². The summed E-state index contributed by atoms with van der Waals surface area (Å²) in [6.45, 7) is 0. The van der Waals surface area contributed by atoms with Crippen LogP contribution in [-0.4, -0.2) is 5.11 Å². The molecule has 0 bridgehead atoms. The summed E-state index contributed by atoms with van der Waals surface area (Å²) in [6, 6.07) is 4.78. The first-order valence-corrected chi connectivity index (χ1v) is 5.98. The minimum absolute atomic E-state index is 0.103. The molecule has 0 heterocycles. The van der Waals surface area contributed by atoms with E-state index in [-0.39, 0.29) is 5.92 Å². The van der Waals surface area contributed by atoms with Crippen LogP contribution in [0.15, 0.2) is 36.4 Å². The van der Waals surface area contributed by atoms with Gasteiger partial charge in [0.25, 0.3) is 0 Å². The average Bonchev–Trinajstić information content (AvgIpc) is 2.38. The van der Waals surface area contributed by atoms with Crippen molar-refractivity contribution in [1.82, 2.24) is 0 Å². The topological polar surface area (TPSA) is 20.2 Å². The van der Waals surface area contributed by atoms with Crippen molar-refractivity contribution in [3.05, 3.63) is 47.5 Å². The van der Waals surface area contributed by atoms with Crippen molar-refractivity contribution >= 4 is 0 Å². The Morgan fingerprint density at radius 3 is 2.28 bits per heavy atom. The van der Waals surface area contributed by atoms with Gasteiger partial charge in [0.1, 0.15) is 0 Å². The van der Waals surface area contributed by atoms with Crippen molar-refractivity contribution in [3.8, 4) is 0 Å². The van der Waals surface area contributed by atoms with Gasteiger partial charge >= 0.3 is 6.18 Å². The maximum absolute atomic E-state index is 12.4. The predicted molar refractivity (Wildman–Crippen MR) is 62.9 cm³/mol. The molecular formula is C14H15F3O. The standard InChI is InChI=1S/C14H15F3O/c15-14(16,17)12-8-6-11(7-9-12)13(18)10-4-2-1-3-5-10/h1-2,6-10,13,18H,3-5H2. The van der Waals surface area contributed by atoms with Gasteiger partial charge in [-0.3, -0.25) is 0 Å². The van der Waals surface area contributed by atoms with Crippen molar-refractivity contribution in [2.45, 2.75) is 31.5 Å². The zero-order valence-electron chi connectivity index (χ0n) is 9.82. The fraction of sp³-hybridized carbons (Fsp3) is 0.429. The molecule has 0 spiro atoms. The number of hydrogen-bond acceptors (Lipinski definition) is 1. The Morgan fingerprint density at radius 2 is 1.78 bits per heavy atom. The highest BCUT2D eigenvalue weighted by Gasteiger charge is 2.30. The van der Waals surface area contributed by atoms with Crippen molar-refractivity contribution in [2.75, 3.05) is 0 Å². The van der Waals surface area contributed by atoms with E-state index in [4.69, 9.17) is 0 Å². The molecule has 1 N–H and O–H groups in total. The Balaban J connectivity index is 2.11. The third-order valence-corrected chi connectivity index (χ3v) is 3.34. The van der Waals surface area contributed by atoms with Gasteiger partial charge in [0.05, 0.1) is 11.7 Å². The summed E-state index contributed by atoms with van der Waals surface area (Å²) in [5, 5.41) is 10.1. The molecule has 2 unspecified atom stereocenters. The maximum atomic E-state index is 12.4. The number of aliphatic hydroxyl groups is 1. The molecule has 1 aromatic carbocycles. The van der Waals surface area contributed by atoms with Gasteiger partial charge in [-0.05, 0) is 42.9 Å². The van der Waals surface area contributed by atoms with Gasteiger partial charge in [0.15, 0.2) is 0 Å². The van der Waals surface area contributed by atoms with Crippen LogP contribution in [0, 0.1) is 5.92 Å². The first kappa shape index (κ1) is 13.1. The SMILES string of the molecule is OC(c1ccc(C(F)(F)F)cc1)C1CC=CCC1. The fourth-order valence-corrected chi connectivity index (χ4v) is 2.25. The molecule has 1 aliphatic rings. The van der Waals surface area contributed by atoms with E-state index < -0.39 is 17.8 Å². The lowest BCUT2D eigenvalue weighted by Crippen LogP contribution is -2.14. The molecule has 4 heteroatoms. The molecule has 1 aliphatic carbocycles. The van der Waals surface area contributed by atoms with Crippen LogP contribution in [0.2, 0.25) is 0 Å². The quantitative estimate of drug-likeness (QED) is 0.790.